The molecule has 0 heterocycles. The van der Waals surface area contributed by atoms with E-state index in [0.717, 1.165) is 96.3 Å². The van der Waals surface area contributed by atoms with Gasteiger partial charge in [0, 0.05) is 19.3 Å². The summed E-state index contributed by atoms with van der Waals surface area (Å²) >= 11 is 0. The van der Waals surface area contributed by atoms with E-state index < -0.39 is 24.0 Å². The van der Waals surface area contributed by atoms with Crippen LogP contribution in [0, 0.1) is 0 Å². The molecule has 0 bridgehead atoms. The van der Waals surface area contributed by atoms with Crippen LogP contribution in [0.2, 0.25) is 0 Å². The minimum atomic E-state index is -0.876. The van der Waals surface area contributed by atoms with Gasteiger partial charge in [-0.3, -0.25) is 14.4 Å². The zero-order valence-corrected chi connectivity index (χ0v) is 43.4. The van der Waals surface area contributed by atoms with Gasteiger partial charge in [0.25, 0.3) is 0 Å². The maximum Gasteiger partial charge on any atom is 0.306 e. The van der Waals surface area contributed by atoms with E-state index >= 15 is 0 Å². The van der Waals surface area contributed by atoms with Crippen LogP contribution in [0.25, 0.3) is 0 Å². The maximum absolute atomic E-state index is 12.8. The van der Waals surface area contributed by atoms with E-state index in [9.17, 15) is 14.4 Å². The zero-order chi connectivity index (χ0) is 50.7. The number of carbonyl (C=O) groups excluding carboxylic acids is 3. The van der Waals surface area contributed by atoms with Gasteiger partial charge in [0.1, 0.15) is 13.2 Å². The molecule has 70 heavy (non-hydrogen) atoms. The third-order valence-corrected chi connectivity index (χ3v) is 9.70. The largest absolute Gasteiger partial charge is 0.462 e. The number of carbonyl (C=O) groups is 3. The van der Waals surface area contributed by atoms with E-state index in [0.29, 0.717) is 19.3 Å². The van der Waals surface area contributed by atoms with Gasteiger partial charge in [0.05, 0.1) is 0 Å². The fourth-order valence-electron chi connectivity index (χ4n) is 5.90. The Kier molecular flexibility index (Phi) is 50.8. The molecule has 0 radical (unpaired) electrons. The van der Waals surface area contributed by atoms with Crippen LogP contribution in [0.15, 0.2) is 207 Å². The van der Waals surface area contributed by atoms with E-state index in [1.807, 2.05) is 85.1 Å². The molecule has 0 aliphatic carbocycles. The highest BCUT2D eigenvalue weighted by molar-refractivity contribution is 5.71. The second-order valence-electron chi connectivity index (χ2n) is 16.1. The normalized spacial score (nSPS) is 13.8. The van der Waals surface area contributed by atoms with Crippen LogP contribution in [0.1, 0.15) is 156 Å². The number of rotatable bonds is 43. The molecule has 1 unspecified atom stereocenters. The van der Waals surface area contributed by atoms with Crippen molar-refractivity contribution in [2.24, 2.45) is 0 Å². The van der Waals surface area contributed by atoms with Gasteiger partial charge in [-0.2, -0.15) is 0 Å². The van der Waals surface area contributed by atoms with Gasteiger partial charge in [-0.25, -0.2) is 0 Å². The Morgan fingerprint density at radius 3 is 0.971 bits per heavy atom. The van der Waals surface area contributed by atoms with Crippen LogP contribution >= 0.6 is 0 Å². The second-order valence-corrected chi connectivity index (χ2v) is 16.1. The molecular formula is C64H90O6. The first-order valence-electron chi connectivity index (χ1n) is 26.2. The number of unbranched alkanes of at least 4 members (excludes halogenated alkanes) is 3. The Morgan fingerprint density at radius 2 is 0.614 bits per heavy atom. The molecule has 0 saturated heterocycles. The maximum atomic E-state index is 12.8. The summed E-state index contributed by atoms with van der Waals surface area (Å²) in [6.45, 7) is 6.05. The van der Waals surface area contributed by atoms with Crippen molar-refractivity contribution in [3.05, 3.63) is 207 Å². The SMILES string of the molecule is CC\C=C/C=C\C=C/C=C\C=C\C=C/CCCCCC(=O)OC(COC(=O)CC/C=C\C/C=C\C/C=C\C/C=C\C/C=C\CC)COC(=O)CC/C=C\C/C=C\C/C=C\C/C=C\C/C=C\C/C=C\CC. The number of hydrogen-bond donors (Lipinski definition) is 0. The molecule has 0 aromatic rings. The lowest BCUT2D eigenvalue weighted by atomic mass is 10.1. The molecule has 0 N–H and O–H groups in total. The van der Waals surface area contributed by atoms with Crippen molar-refractivity contribution in [2.75, 3.05) is 13.2 Å². The van der Waals surface area contributed by atoms with Gasteiger partial charge in [0.15, 0.2) is 6.10 Å². The Bertz CT molecular complexity index is 1810. The fourth-order valence-corrected chi connectivity index (χ4v) is 5.90. The molecule has 382 valence electrons. The first kappa shape index (κ1) is 64.0. The fraction of sp³-hybridized carbons (Fsp3) is 0.422. The molecule has 0 aliphatic heterocycles. The van der Waals surface area contributed by atoms with Crippen LogP contribution < -0.4 is 0 Å². The highest BCUT2D eigenvalue weighted by Gasteiger charge is 2.19. The van der Waals surface area contributed by atoms with Gasteiger partial charge in [-0.1, -0.05) is 234 Å². The zero-order valence-electron chi connectivity index (χ0n) is 43.4. The summed E-state index contributed by atoms with van der Waals surface area (Å²) in [6.07, 6.45) is 86.9. The molecule has 0 spiro atoms. The Morgan fingerprint density at radius 1 is 0.300 bits per heavy atom. The smallest absolute Gasteiger partial charge is 0.306 e. The molecule has 0 saturated carbocycles. The summed E-state index contributed by atoms with van der Waals surface area (Å²) in [5.74, 6) is -1.20. The number of hydrogen-bond acceptors (Lipinski definition) is 6. The summed E-state index contributed by atoms with van der Waals surface area (Å²) < 4.78 is 16.6. The summed E-state index contributed by atoms with van der Waals surface area (Å²) in [4.78, 5) is 38.0. The standard InChI is InChI=1S/C64H90O6/c1-4-7-10-13-16-19-22-25-28-31-32-34-36-39-42-45-48-51-54-57-63(66)69-60-61(59-68-62(65)56-53-50-47-44-41-38-35-30-27-24-21-18-15-12-9-6-3)70-64(67)58-55-52-49-46-43-40-37-33-29-26-23-20-17-14-11-8-5-2/h7-12,14,16-21,23,25-30,32-34,37-43,47-48,50-51,61H,4-6,13,15,22,24,31,35-36,44-46,49,52-60H2,1-3H3/b10-7-,11-8-,12-9-,17-14-,19-16-,21-18-,23-20-,28-25-,29-26-,30-27-,34-32-,37-33+,41-38-,42-39-,43-40-,50-47-,51-48-. The molecule has 6 nitrogen and oxygen atoms in total. The molecule has 1 atom stereocenters. The molecule has 0 aliphatic rings. The number of ether oxygens (including phenoxy) is 3. The monoisotopic (exact) mass is 955 g/mol. The van der Waals surface area contributed by atoms with E-state index in [1.54, 1.807) is 0 Å². The first-order chi connectivity index (χ1) is 34.5. The van der Waals surface area contributed by atoms with E-state index in [-0.39, 0.29) is 32.5 Å². The third-order valence-electron chi connectivity index (χ3n) is 9.70. The molecule has 0 amide bonds. The van der Waals surface area contributed by atoms with Gasteiger partial charge >= 0.3 is 17.9 Å². The van der Waals surface area contributed by atoms with Crippen LogP contribution in [0.5, 0.6) is 0 Å². The van der Waals surface area contributed by atoms with Crippen LogP contribution in [0.4, 0.5) is 0 Å². The van der Waals surface area contributed by atoms with Crippen molar-refractivity contribution in [1.82, 2.24) is 0 Å². The number of esters is 3. The summed E-state index contributed by atoms with van der Waals surface area (Å²) in [5.41, 5.74) is 0. The van der Waals surface area contributed by atoms with Crippen LogP contribution in [0.3, 0.4) is 0 Å². The predicted molar refractivity (Wildman–Crippen MR) is 301 cm³/mol. The van der Waals surface area contributed by atoms with Crippen molar-refractivity contribution in [2.45, 2.75) is 162 Å². The Hall–Kier alpha value is -6.01. The quantitative estimate of drug-likeness (QED) is 0.0199. The lowest BCUT2D eigenvalue weighted by Crippen LogP contribution is -2.30. The summed E-state index contributed by atoms with van der Waals surface area (Å²) in [6, 6.07) is 0. The molecule has 6 heteroatoms. The van der Waals surface area contributed by atoms with E-state index in [1.165, 1.54) is 0 Å². The molecule has 0 rings (SSSR count). The first-order valence-corrected chi connectivity index (χ1v) is 26.2. The predicted octanol–water partition coefficient (Wildman–Crippen LogP) is 17.7. The lowest BCUT2D eigenvalue weighted by molar-refractivity contribution is -0.166. The molecule has 0 fully saturated rings. The minimum absolute atomic E-state index is 0.172. The molecule has 0 aromatic heterocycles. The van der Waals surface area contributed by atoms with Gasteiger partial charge < -0.3 is 14.2 Å². The topological polar surface area (TPSA) is 78.9 Å². The van der Waals surface area contributed by atoms with Gasteiger partial charge in [0.2, 0.25) is 0 Å². The van der Waals surface area contributed by atoms with E-state index in [2.05, 4.69) is 142 Å². The Balaban J connectivity index is 4.76. The van der Waals surface area contributed by atoms with Crippen molar-refractivity contribution in [1.29, 1.82) is 0 Å². The summed E-state index contributed by atoms with van der Waals surface area (Å²) in [7, 11) is 0. The molecule has 0 aromatic carbocycles. The van der Waals surface area contributed by atoms with Crippen molar-refractivity contribution in [3.63, 3.8) is 0 Å². The summed E-state index contributed by atoms with van der Waals surface area (Å²) in [5, 5.41) is 0. The van der Waals surface area contributed by atoms with Gasteiger partial charge in [-0.05, 0) is 109 Å². The van der Waals surface area contributed by atoms with Crippen LogP contribution in [-0.2, 0) is 28.6 Å². The van der Waals surface area contributed by atoms with Crippen molar-refractivity contribution < 1.29 is 28.6 Å². The minimum Gasteiger partial charge on any atom is -0.462 e. The van der Waals surface area contributed by atoms with Crippen LogP contribution in [-0.4, -0.2) is 37.2 Å². The van der Waals surface area contributed by atoms with Gasteiger partial charge in [-0.15, -0.1) is 0 Å². The Labute approximate surface area is 426 Å². The lowest BCUT2D eigenvalue weighted by Gasteiger charge is -2.18. The highest BCUT2D eigenvalue weighted by atomic mass is 16.6. The average Bonchev–Trinajstić information content (AvgIpc) is 3.36. The average molecular weight is 955 g/mol. The number of allylic oxidation sites excluding steroid dienone is 34. The molecular weight excluding hydrogens is 865 g/mol. The third kappa shape index (κ3) is 53.0. The van der Waals surface area contributed by atoms with Crippen molar-refractivity contribution >= 4 is 17.9 Å². The second kappa shape index (κ2) is 55.6. The highest BCUT2D eigenvalue weighted by Crippen LogP contribution is 2.09. The van der Waals surface area contributed by atoms with Crippen molar-refractivity contribution in [3.8, 4) is 0 Å². The van der Waals surface area contributed by atoms with E-state index in [4.69, 9.17) is 14.2 Å².